The molecule has 0 atom stereocenters. The SMILES string of the molecule is CN(C)CCCCCCSc1nc2ccccc2cc1Cc1cccs1. The highest BCUT2D eigenvalue weighted by atomic mass is 32.2. The second kappa shape index (κ2) is 10.1. The number of hydrogen-bond donors (Lipinski definition) is 0. The minimum atomic E-state index is 0.987. The molecular weight excluding hydrogens is 356 g/mol. The van der Waals surface area contributed by atoms with E-state index in [1.807, 2.05) is 23.1 Å². The first-order valence-electron chi connectivity index (χ1n) is 9.41. The van der Waals surface area contributed by atoms with Crippen LogP contribution in [0.4, 0.5) is 0 Å². The summed E-state index contributed by atoms with van der Waals surface area (Å²) >= 11 is 3.76. The van der Waals surface area contributed by atoms with Gasteiger partial charge in [0.1, 0.15) is 5.03 Å². The molecule has 3 aromatic rings. The summed E-state index contributed by atoms with van der Waals surface area (Å²) in [5, 5.41) is 4.61. The van der Waals surface area contributed by atoms with Gasteiger partial charge < -0.3 is 4.90 Å². The van der Waals surface area contributed by atoms with Gasteiger partial charge in [-0.3, -0.25) is 0 Å². The lowest BCUT2D eigenvalue weighted by Gasteiger charge is -2.11. The Kier molecular flexibility index (Phi) is 7.54. The van der Waals surface area contributed by atoms with Crippen LogP contribution in [-0.2, 0) is 6.42 Å². The number of unbranched alkanes of at least 4 members (excludes halogenated alkanes) is 3. The number of rotatable bonds is 10. The first-order valence-corrected chi connectivity index (χ1v) is 11.3. The Labute approximate surface area is 165 Å². The number of fused-ring (bicyclic) bond motifs is 1. The van der Waals surface area contributed by atoms with E-state index in [2.05, 4.69) is 66.8 Å². The van der Waals surface area contributed by atoms with Crippen LogP contribution in [0.3, 0.4) is 0 Å². The van der Waals surface area contributed by atoms with Crippen LogP contribution >= 0.6 is 23.1 Å². The van der Waals surface area contributed by atoms with E-state index in [0.717, 1.165) is 17.7 Å². The first kappa shape index (κ1) is 19.4. The molecule has 138 valence electrons. The van der Waals surface area contributed by atoms with Crippen molar-refractivity contribution in [2.45, 2.75) is 37.1 Å². The number of aromatic nitrogens is 1. The third kappa shape index (κ3) is 5.83. The largest absolute Gasteiger partial charge is 0.309 e. The van der Waals surface area contributed by atoms with Crippen molar-refractivity contribution >= 4 is 34.0 Å². The highest BCUT2D eigenvalue weighted by Gasteiger charge is 2.09. The standard InChI is InChI=1S/C22H28N2S2/c1-24(2)13-7-3-4-8-14-26-22-19(17-20-11-9-15-25-20)16-18-10-5-6-12-21(18)23-22/h5-6,9-12,15-16H,3-4,7-8,13-14,17H2,1-2H3. The lowest BCUT2D eigenvalue weighted by atomic mass is 10.1. The van der Waals surface area contributed by atoms with Crippen molar-refractivity contribution in [3.8, 4) is 0 Å². The van der Waals surface area contributed by atoms with Crippen LogP contribution in [-0.4, -0.2) is 36.3 Å². The fourth-order valence-electron chi connectivity index (χ4n) is 3.05. The average Bonchev–Trinajstić information content (AvgIpc) is 3.14. The zero-order valence-corrected chi connectivity index (χ0v) is 17.4. The predicted molar refractivity (Wildman–Crippen MR) is 117 cm³/mol. The molecule has 2 aromatic heterocycles. The zero-order valence-electron chi connectivity index (χ0n) is 15.8. The molecule has 3 rings (SSSR count). The summed E-state index contributed by atoms with van der Waals surface area (Å²) in [6.45, 7) is 1.20. The molecule has 2 heterocycles. The molecule has 0 N–H and O–H groups in total. The van der Waals surface area contributed by atoms with Crippen molar-refractivity contribution in [2.75, 3.05) is 26.4 Å². The number of hydrogen-bond acceptors (Lipinski definition) is 4. The van der Waals surface area contributed by atoms with Gasteiger partial charge in [0.05, 0.1) is 5.52 Å². The lowest BCUT2D eigenvalue weighted by molar-refractivity contribution is 0.391. The van der Waals surface area contributed by atoms with Gasteiger partial charge in [0.15, 0.2) is 0 Å². The van der Waals surface area contributed by atoms with Gasteiger partial charge in [-0.2, -0.15) is 0 Å². The Morgan fingerprint density at radius 3 is 2.65 bits per heavy atom. The highest BCUT2D eigenvalue weighted by molar-refractivity contribution is 7.99. The van der Waals surface area contributed by atoms with E-state index >= 15 is 0 Å². The Balaban J connectivity index is 1.62. The Bertz CT molecular complexity index is 797. The van der Waals surface area contributed by atoms with E-state index in [9.17, 15) is 0 Å². The van der Waals surface area contributed by atoms with Crippen molar-refractivity contribution in [2.24, 2.45) is 0 Å². The molecule has 0 aliphatic heterocycles. The maximum absolute atomic E-state index is 4.97. The predicted octanol–water partition coefficient (Wildman–Crippen LogP) is 6.10. The van der Waals surface area contributed by atoms with Gasteiger partial charge >= 0.3 is 0 Å². The van der Waals surface area contributed by atoms with E-state index in [-0.39, 0.29) is 0 Å². The molecule has 0 aliphatic carbocycles. The van der Waals surface area contributed by atoms with Crippen LogP contribution in [0.2, 0.25) is 0 Å². The molecule has 0 bridgehead atoms. The molecule has 4 heteroatoms. The van der Waals surface area contributed by atoms with E-state index < -0.39 is 0 Å². The van der Waals surface area contributed by atoms with Crippen molar-refractivity contribution in [3.63, 3.8) is 0 Å². The molecule has 0 amide bonds. The fourth-order valence-corrected chi connectivity index (χ4v) is 4.80. The molecule has 1 aromatic carbocycles. The molecule has 2 nitrogen and oxygen atoms in total. The van der Waals surface area contributed by atoms with Gasteiger partial charge in [-0.05, 0) is 68.4 Å². The molecule has 0 unspecified atom stereocenters. The van der Waals surface area contributed by atoms with Crippen molar-refractivity contribution in [1.29, 1.82) is 0 Å². The van der Waals surface area contributed by atoms with Gasteiger partial charge in [0.2, 0.25) is 0 Å². The number of pyridine rings is 1. The Hall–Kier alpha value is -1.36. The minimum absolute atomic E-state index is 0.987. The quantitative estimate of drug-likeness (QED) is 0.310. The molecule has 0 saturated carbocycles. The zero-order chi connectivity index (χ0) is 18.2. The third-order valence-corrected chi connectivity index (χ3v) is 6.44. The molecule has 26 heavy (non-hydrogen) atoms. The van der Waals surface area contributed by atoms with Crippen LogP contribution in [0.5, 0.6) is 0 Å². The molecule has 0 fully saturated rings. The van der Waals surface area contributed by atoms with Crippen molar-refractivity contribution in [3.05, 3.63) is 58.3 Å². The second-order valence-electron chi connectivity index (χ2n) is 6.97. The van der Waals surface area contributed by atoms with E-state index in [0.29, 0.717) is 0 Å². The average molecular weight is 385 g/mol. The monoisotopic (exact) mass is 384 g/mol. The molecular formula is C22H28N2S2. The number of thiophene rings is 1. The summed E-state index contributed by atoms with van der Waals surface area (Å²) in [4.78, 5) is 8.65. The normalized spacial score (nSPS) is 11.5. The third-order valence-electron chi connectivity index (χ3n) is 4.45. The van der Waals surface area contributed by atoms with Gasteiger partial charge in [-0.1, -0.05) is 37.1 Å². The van der Waals surface area contributed by atoms with Gasteiger partial charge in [0.25, 0.3) is 0 Å². The molecule has 0 radical (unpaired) electrons. The summed E-state index contributed by atoms with van der Waals surface area (Å²) in [5.41, 5.74) is 2.47. The number of benzene rings is 1. The van der Waals surface area contributed by atoms with Crippen molar-refractivity contribution < 1.29 is 0 Å². The summed E-state index contributed by atoms with van der Waals surface area (Å²) in [5.74, 6) is 1.16. The maximum atomic E-state index is 4.97. The number of para-hydroxylation sites is 1. The fraction of sp³-hybridized carbons (Fsp3) is 0.409. The van der Waals surface area contributed by atoms with E-state index in [1.54, 1.807) is 0 Å². The smallest absolute Gasteiger partial charge is 0.100 e. The Morgan fingerprint density at radius 1 is 1.00 bits per heavy atom. The van der Waals surface area contributed by atoms with Crippen LogP contribution in [0.15, 0.2) is 52.9 Å². The second-order valence-corrected chi connectivity index (χ2v) is 9.08. The van der Waals surface area contributed by atoms with Crippen LogP contribution in [0.1, 0.15) is 36.1 Å². The molecule has 0 spiro atoms. The van der Waals surface area contributed by atoms with Gasteiger partial charge in [0, 0.05) is 16.7 Å². The van der Waals surface area contributed by atoms with E-state index in [4.69, 9.17) is 4.98 Å². The maximum Gasteiger partial charge on any atom is 0.100 e. The molecule has 0 aliphatic rings. The summed E-state index contributed by atoms with van der Waals surface area (Å²) in [7, 11) is 4.30. The number of thioether (sulfide) groups is 1. The van der Waals surface area contributed by atoms with Crippen molar-refractivity contribution in [1.82, 2.24) is 9.88 Å². The number of nitrogens with zero attached hydrogens (tertiary/aromatic N) is 2. The van der Waals surface area contributed by atoms with Gasteiger partial charge in [-0.25, -0.2) is 4.98 Å². The first-order chi connectivity index (χ1) is 12.7. The Morgan fingerprint density at radius 2 is 1.85 bits per heavy atom. The molecule has 0 saturated heterocycles. The van der Waals surface area contributed by atoms with Crippen LogP contribution in [0, 0.1) is 0 Å². The topological polar surface area (TPSA) is 16.1 Å². The van der Waals surface area contributed by atoms with Gasteiger partial charge in [-0.15, -0.1) is 23.1 Å². The summed E-state index contributed by atoms with van der Waals surface area (Å²) < 4.78 is 0. The summed E-state index contributed by atoms with van der Waals surface area (Å²) in [6, 6.07) is 15.2. The van der Waals surface area contributed by atoms with E-state index in [1.165, 1.54) is 53.1 Å². The highest BCUT2D eigenvalue weighted by Crippen LogP contribution is 2.28. The van der Waals surface area contributed by atoms with Crippen LogP contribution < -0.4 is 0 Å². The van der Waals surface area contributed by atoms with Crippen LogP contribution in [0.25, 0.3) is 10.9 Å². The minimum Gasteiger partial charge on any atom is -0.309 e. The lowest BCUT2D eigenvalue weighted by Crippen LogP contribution is -2.12. The summed E-state index contributed by atoms with van der Waals surface area (Å²) in [6.07, 6.45) is 6.20.